The third-order valence-corrected chi connectivity index (χ3v) is 6.34. The van der Waals surface area contributed by atoms with Gasteiger partial charge in [0, 0.05) is 10.5 Å². The van der Waals surface area contributed by atoms with Crippen LogP contribution in [0, 0.1) is 5.92 Å². The van der Waals surface area contributed by atoms with Crippen molar-refractivity contribution < 1.29 is 0 Å². The van der Waals surface area contributed by atoms with Crippen molar-refractivity contribution in [3.05, 3.63) is 0 Å². The molecule has 2 aliphatic rings. The summed E-state index contributed by atoms with van der Waals surface area (Å²) >= 11 is 4.45. The van der Waals surface area contributed by atoms with E-state index in [2.05, 4.69) is 30.4 Å². The molecular formula is C10H18S2. The van der Waals surface area contributed by atoms with Gasteiger partial charge in [0.1, 0.15) is 0 Å². The van der Waals surface area contributed by atoms with Crippen LogP contribution in [0.4, 0.5) is 0 Å². The average molecular weight is 202 g/mol. The molecule has 2 fully saturated rings. The number of thioether (sulfide) groups is 2. The van der Waals surface area contributed by atoms with Gasteiger partial charge in [-0.05, 0) is 43.1 Å². The molecule has 2 atom stereocenters. The minimum absolute atomic E-state index is 0.977. The fourth-order valence-electron chi connectivity index (χ4n) is 2.27. The van der Waals surface area contributed by atoms with Crippen LogP contribution in [0.2, 0.25) is 0 Å². The molecule has 12 heavy (non-hydrogen) atoms. The first-order valence-electron chi connectivity index (χ1n) is 5.11. The van der Waals surface area contributed by atoms with E-state index in [1.54, 1.807) is 0 Å². The van der Waals surface area contributed by atoms with Crippen LogP contribution in [-0.4, -0.2) is 22.0 Å². The third kappa shape index (κ3) is 1.95. The topological polar surface area (TPSA) is 0 Å². The lowest BCUT2D eigenvalue weighted by Crippen LogP contribution is -2.21. The molecule has 2 rings (SSSR count). The maximum Gasteiger partial charge on any atom is 0.00835 e. The smallest absolute Gasteiger partial charge is 0.00835 e. The van der Waals surface area contributed by atoms with Crippen LogP contribution in [-0.2, 0) is 0 Å². The van der Waals surface area contributed by atoms with Gasteiger partial charge in [-0.15, -0.1) is 0 Å². The van der Waals surface area contributed by atoms with Gasteiger partial charge in [-0.1, -0.05) is 6.92 Å². The molecule has 0 nitrogen and oxygen atoms in total. The first kappa shape index (κ1) is 9.26. The Labute approximate surface area is 84.3 Å². The molecule has 0 aromatic rings. The van der Waals surface area contributed by atoms with Crippen LogP contribution in [0.1, 0.15) is 32.6 Å². The molecule has 0 bridgehead atoms. The zero-order chi connectivity index (χ0) is 8.39. The molecule has 2 heteroatoms. The molecule has 0 amide bonds. The van der Waals surface area contributed by atoms with E-state index in [1.807, 2.05) is 0 Å². The van der Waals surface area contributed by atoms with Crippen molar-refractivity contribution >= 4 is 23.5 Å². The summed E-state index contributed by atoms with van der Waals surface area (Å²) in [5.74, 6) is 3.82. The SMILES string of the molecule is CC(C1CCCS1)C1CCCS1. The Balaban J connectivity index is 1.84. The molecule has 2 saturated heterocycles. The van der Waals surface area contributed by atoms with E-state index >= 15 is 0 Å². The number of rotatable bonds is 2. The fraction of sp³-hybridized carbons (Fsp3) is 1.00. The van der Waals surface area contributed by atoms with E-state index in [9.17, 15) is 0 Å². The summed E-state index contributed by atoms with van der Waals surface area (Å²) in [5, 5.41) is 2.00. The Hall–Kier alpha value is 0.700. The first-order valence-corrected chi connectivity index (χ1v) is 7.21. The van der Waals surface area contributed by atoms with Crippen LogP contribution in [0.5, 0.6) is 0 Å². The molecule has 0 aromatic carbocycles. The van der Waals surface area contributed by atoms with Gasteiger partial charge in [-0.3, -0.25) is 0 Å². The summed E-state index contributed by atoms with van der Waals surface area (Å²) in [7, 11) is 0. The summed E-state index contributed by atoms with van der Waals surface area (Å²) in [6.45, 7) is 2.48. The molecule has 0 N–H and O–H groups in total. The third-order valence-electron chi connectivity index (χ3n) is 3.10. The maximum absolute atomic E-state index is 2.48. The van der Waals surface area contributed by atoms with E-state index in [-0.39, 0.29) is 0 Å². The molecule has 2 heterocycles. The normalized spacial score (nSPS) is 38.8. The number of hydrogen-bond donors (Lipinski definition) is 0. The highest BCUT2D eigenvalue weighted by molar-refractivity contribution is 8.01. The van der Waals surface area contributed by atoms with Crippen molar-refractivity contribution in [2.24, 2.45) is 5.92 Å². The Morgan fingerprint density at radius 1 is 1.00 bits per heavy atom. The molecule has 0 aliphatic carbocycles. The van der Waals surface area contributed by atoms with Gasteiger partial charge in [0.05, 0.1) is 0 Å². The predicted molar refractivity (Wildman–Crippen MR) is 60.1 cm³/mol. The highest BCUT2D eigenvalue weighted by Gasteiger charge is 2.30. The van der Waals surface area contributed by atoms with Crippen molar-refractivity contribution in [2.75, 3.05) is 11.5 Å². The van der Waals surface area contributed by atoms with Gasteiger partial charge in [0.2, 0.25) is 0 Å². The summed E-state index contributed by atoms with van der Waals surface area (Å²) < 4.78 is 0. The summed E-state index contributed by atoms with van der Waals surface area (Å²) in [4.78, 5) is 0. The van der Waals surface area contributed by atoms with Gasteiger partial charge in [0.15, 0.2) is 0 Å². The van der Waals surface area contributed by atoms with E-state index in [4.69, 9.17) is 0 Å². The standard InChI is InChI=1S/C10H18S2/c1-8(9-4-2-6-11-9)10-5-3-7-12-10/h8-10H,2-7H2,1H3. The molecule has 70 valence electrons. The van der Waals surface area contributed by atoms with Crippen molar-refractivity contribution in [1.29, 1.82) is 0 Å². The molecular weight excluding hydrogens is 184 g/mol. The van der Waals surface area contributed by atoms with E-state index in [0.29, 0.717) is 0 Å². The largest absolute Gasteiger partial charge is 0.158 e. The minimum atomic E-state index is 0.977. The molecule has 0 spiro atoms. The lowest BCUT2D eigenvalue weighted by atomic mass is 9.97. The summed E-state index contributed by atoms with van der Waals surface area (Å²) in [6, 6.07) is 0. The fourth-order valence-corrected chi connectivity index (χ4v) is 5.30. The van der Waals surface area contributed by atoms with Crippen LogP contribution in [0.15, 0.2) is 0 Å². The van der Waals surface area contributed by atoms with E-state index in [0.717, 1.165) is 16.4 Å². The highest BCUT2D eigenvalue weighted by Crippen LogP contribution is 2.40. The van der Waals surface area contributed by atoms with Crippen LogP contribution >= 0.6 is 23.5 Å². The molecule has 0 saturated carbocycles. The molecule has 0 aromatic heterocycles. The first-order chi connectivity index (χ1) is 5.88. The van der Waals surface area contributed by atoms with Gasteiger partial charge in [0.25, 0.3) is 0 Å². The quantitative estimate of drug-likeness (QED) is 0.673. The molecule has 0 radical (unpaired) electrons. The van der Waals surface area contributed by atoms with Gasteiger partial charge in [-0.2, -0.15) is 23.5 Å². The van der Waals surface area contributed by atoms with Crippen molar-refractivity contribution in [1.82, 2.24) is 0 Å². The second kappa shape index (κ2) is 4.28. The van der Waals surface area contributed by atoms with E-state index < -0.39 is 0 Å². The minimum Gasteiger partial charge on any atom is -0.158 e. The highest BCUT2D eigenvalue weighted by atomic mass is 32.2. The average Bonchev–Trinajstić information content (AvgIpc) is 2.77. The van der Waals surface area contributed by atoms with Crippen molar-refractivity contribution in [3.8, 4) is 0 Å². The Kier molecular flexibility index (Phi) is 3.30. The Bertz CT molecular complexity index is 119. The van der Waals surface area contributed by atoms with E-state index in [1.165, 1.54) is 37.2 Å². The predicted octanol–water partition coefficient (Wildman–Crippen LogP) is 3.41. The second-order valence-corrected chi connectivity index (χ2v) is 6.66. The Morgan fingerprint density at radius 2 is 1.50 bits per heavy atom. The maximum atomic E-state index is 2.48. The van der Waals surface area contributed by atoms with Gasteiger partial charge in [-0.25, -0.2) is 0 Å². The summed E-state index contributed by atoms with van der Waals surface area (Å²) in [5.41, 5.74) is 0. The Morgan fingerprint density at radius 3 is 1.83 bits per heavy atom. The van der Waals surface area contributed by atoms with Crippen LogP contribution in [0.25, 0.3) is 0 Å². The van der Waals surface area contributed by atoms with Crippen molar-refractivity contribution in [2.45, 2.75) is 43.1 Å². The van der Waals surface area contributed by atoms with Crippen LogP contribution < -0.4 is 0 Å². The van der Waals surface area contributed by atoms with Gasteiger partial charge >= 0.3 is 0 Å². The van der Waals surface area contributed by atoms with Crippen LogP contribution in [0.3, 0.4) is 0 Å². The lowest BCUT2D eigenvalue weighted by Gasteiger charge is -2.23. The molecule has 2 unspecified atom stereocenters. The molecule has 2 aliphatic heterocycles. The lowest BCUT2D eigenvalue weighted by molar-refractivity contribution is 0.503. The van der Waals surface area contributed by atoms with Crippen molar-refractivity contribution in [3.63, 3.8) is 0 Å². The zero-order valence-corrected chi connectivity index (χ0v) is 9.42. The van der Waals surface area contributed by atoms with Gasteiger partial charge < -0.3 is 0 Å². The zero-order valence-electron chi connectivity index (χ0n) is 7.79. The second-order valence-electron chi connectivity index (χ2n) is 3.96. The number of hydrogen-bond acceptors (Lipinski definition) is 2. The summed E-state index contributed by atoms with van der Waals surface area (Å²) in [6.07, 6.45) is 5.92. The monoisotopic (exact) mass is 202 g/mol.